The Balaban J connectivity index is 1.96. The van der Waals surface area contributed by atoms with Gasteiger partial charge in [0.1, 0.15) is 0 Å². The third kappa shape index (κ3) is 3.24. The van der Waals surface area contributed by atoms with Crippen molar-refractivity contribution in [2.45, 2.75) is 59.0 Å². The van der Waals surface area contributed by atoms with Gasteiger partial charge in [-0.25, -0.2) is 4.98 Å². The van der Waals surface area contributed by atoms with Crippen LogP contribution in [-0.4, -0.2) is 15.6 Å². The van der Waals surface area contributed by atoms with Gasteiger partial charge in [0.2, 0.25) is 5.95 Å². The Morgan fingerprint density at radius 3 is 2.71 bits per heavy atom. The highest BCUT2D eigenvalue weighted by Gasteiger charge is 2.17. The molecule has 3 heteroatoms. The molecule has 0 bridgehead atoms. The third-order valence-electron chi connectivity index (χ3n) is 4.03. The maximum Gasteiger partial charge on any atom is 0.202 e. The highest BCUT2D eigenvalue weighted by atomic mass is 15.2. The summed E-state index contributed by atoms with van der Waals surface area (Å²) in [6.45, 7) is 7.94. The van der Waals surface area contributed by atoms with Crippen molar-refractivity contribution in [1.29, 1.82) is 0 Å². The third-order valence-corrected chi connectivity index (χ3v) is 4.03. The van der Waals surface area contributed by atoms with Gasteiger partial charge >= 0.3 is 0 Å². The maximum atomic E-state index is 4.44. The Bertz CT molecular complexity index is 318. The number of nitrogens with one attached hydrogen (secondary N) is 1. The number of hydrogen-bond acceptors (Lipinski definition) is 2. The summed E-state index contributed by atoms with van der Waals surface area (Å²) in [4.78, 5) is 4.44. The summed E-state index contributed by atoms with van der Waals surface area (Å²) in [5.41, 5.74) is 0. The number of anilines is 1. The lowest BCUT2D eigenvalue weighted by molar-refractivity contribution is 0.366. The SMILES string of the molecule is CC(C)C(C)Cn1ccnc1NC1CCCC1. The molecule has 96 valence electrons. The first kappa shape index (κ1) is 12.5. The first-order valence-corrected chi connectivity index (χ1v) is 6.94. The van der Waals surface area contributed by atoms with Crippen molar-refractivity contribution in [1.82, 2.24) is 9.55 Å². The molecule has 1 unspecified atom stereocenters. The minimum Gasteiger partial charge on any atom is -0.353 e. The Kier molecular flexibility index (Phi) is 4.08. The minimum atomic E-state index is 0.644. The van der Waals surface area contributed by atoms with Crippen molar-refractivity contribution < 1.29 is 0 Å². The lowest BCUT2D eigenvalue weighted by Crippen LogP contribution is -2.20. The van der Waals surface area contributed by atoms with E-state index in [0.717, 1.165) is 18.4 Å². The van der Waals surface area contributed by atoms with Gasteiger partial charge in [-0.15, -0.1) is 0 Å². The number of rotatable bonds is 5. The molecule has 1 fully saturated rings. The fourth-order valence-electron chi connectivity index (χ4n) is 2.37. The zero-order chi connectivity index (χ0) is 12.3. The number of imidazole rings is 1. The van der Waals surface area contributed by atoms with Crippen LogP contribution in [0.3, 0.4) is 0 Å². The Morgan fingerprint density at radius 2 is 2.06 bits per heavy atom. The molecule has 2 rings (SSSR count). The molecule has 1 aromatic heterocycles. The second-order valence-corrected chi connectivity index (χ2v) is 5.75. The van der Waals surface area contributed by atoms with E-state index in [4.69, 9.17) is 0 Å². The van der Waals surface area contributed by atoms with E-state index in [1.165, 1.54) is 25.7 Å². The van der Waals surface area contributed by atoms with Gasteiger partial charge in [-0.05, 0) is 24.7 Å². The summed E-state index contributed by atoms with van der Waals surface area (Å²) >= 11 is 0. The van der Waals surface area contributed by atoms with E-state index in [1.807, 2.05) is 6.20 Å². The molecule has 0 spiro atoms. The summed E-state index contributed by atoms with van der Waals surface area (Å²) in [5.74, 6) is 2.47. The van der Waals surface area contributed by atoms with Crippen LogP contribution in [0.15, 0.2) is 12.4 Å². The quantitative estimate of drug-likeness (QED) is 0.846. The second kappa shape index (κ2) is 5.56. The molecule has 0 radical (unpaired) electrons. The van der Waals surface area contributed by atoms with Crippen LogP contribution in [-0.2, 0) is 6.54 Å². The second-order valence-electron chi connectivity index (χ2n) is 5.75. The minimum absolute atomic E-state index is 0.644. The normalized spacial score (nSPS) is 18.8. The Hall–Kier alpha value is -0.990. The van der Waals surface area contributed by atoms with Crippen LogP contribution in [0.5, 0.6) is 0 Å². The first-order chi connectivity index (χ1) is 8.16. The Morgan fingerprint density at radius 1 is 1.35 bits per heavy atom. The zero-order valence-corrected chi connectivity index (χ0v) is 11.3. The number of hydrogen-bond donors (Lipinski definition) is 1. The molecule has 1 N–H and O–H groups in total. The van der Waals surface area contributed by atoms with E-state index in [0.29, 0.717) is 12.0 Å². The average molecular weight is 235 g/mol. The van der Waals surface area contributed by atoms with E-state index in [9.17, 15) is 0 Å². The van der Waals surface area contributed by atoms with Crippen LogP contribution >= 0.6 is 0 Å². The summed E-state index contributed by atoms with van der Waals surface area (Å²) in [6.07, 6.45) is 9.32. The molecule has 17 heavy (non-hydrogen) atoms. The molecule has 1 heterocycles. The van der Waals surface area contributed by atoms with Gasteiger partial charge in [-0.2, -0.15) is 0 Å². The largest absolute Gasteiger partial charge is 0.353 e. The van der Waals surface area contributed by atoms with Gasteiger partial charge in [0, 0.05) is 25.0 Å². The van der Waals surface area contributed by atoms with Crippen LogP contribution in [0.2, 0.25) is 0 Å². The van der Waals surface area contributed by atoms with Crippen molar-refractivity contribution >= 4 is 5.95 Å². The Labute approximate surface area is 105 Å². The highest BCUT2D eigenvalue weighted by Crippen LogP contribution is 2.22. The molecular formula is C14H25N3. The molecular weight excluding hydrogens is 210 g/mol. The topological polar surface area (TPSA) is 29.9 Å². The number of nitrogens with zero attached hydrogens (tertiary/aromatic N) is 2. The smallest absolute Gasteiger partial charge is 0.202 e. The summed E-state index contributed by atoms with van der Waals surface area (Å²) < 4.78 is 2.27. The van der Waals surface area contributed by atoms with E-state index in [-0.39, 0.29) is 0 Å². The van der Waals surface area contributed by atoms with Crippen molar-refractivity contribution in [3.63, 3.8) is 0 Å². The monoisotopic (exact) mass is 235 g/mol. The molecule has 0 saturated heterocycles. The average Bonchev–Trinajstić information content (AvgIpc) is 2.91. The molecule has 1 aromatic rings. The molecule has 0 aliphatic heterocycles. The summed E-state index contributed by atoms with van der Waals surface area (Å²) in [7, 11) is 0. The van der Waals surface area contributed by atoms with Crippen LogP contribution in [0.1, 0.15) is 46.5 Å². The van der Waals surface area contributed by atoms with Crippen molar-refractivity contribution in [2.75, 3.05) is 5.32 Å². The van der Waals surface area contributed by atoms with Crippen LogP contribution < -0.4 is 5.32 Å². The van der Waals surface area contributed by atoms with Crippen LogP contribution in [0.4, 0.5) is 5.95 Å². The zero-order valence-electron chi connectivity index (χ0n) is 11.3. The molecule has 1 aliphatic rings. The van der Waals surface area contributed by atoms with Crippen LogP contribution in [0, 0.1) is 11.8 Å². The molecule has 1 atom stereocenters. The van der Waals surface area contributed by atoms with Gasteiger partial charge in [0.25, 0.3) is 0 Å². The van der Waals surface area contributed by atoms with Gasteiger partial charge in [-0.1, -0.05) is 33.6 Å². The molecule has 1 aliphatic carbocycles. The van der Waals surface area contributed by atoms with Crippen molar-refractivity contribution in [3.05, 3.63) is 12.4 Å². The van der Waals surface area contributed by atoms with Gasteiger partial charge in [0.05, 0.1) is 0 Å². The van der Waals surface area contributed by atoms with Crippen molar-refractivity contribution in [2.24, 2.45) is 11.8 Å². The lowest BCUT2D eigenvalue weighted by atomic mass is 9.98. The fraction of sp³-hybridized carbons (Fsp3) is 0.786. The molecule has 1 saturated carbocycles. The maximum absolute atomic E-state index is 4.44. The van der Waals surface area contributed by atoms with Gasteiger partial charge in [0.15, 0.2) is 0 Å². The number of aromatic nitrogens is 2. The van der Waals surface area contributed by atoms with Gasteiger partial charge in [-0.3, -0.25) is 0 Å². The highest BCUT2D eigenvalue weighted by molar-refractivity contribution is 5.28. The molecule has 0 aromatic carbocycles. The lowest BCUT2D eigenvalue weighted by Gasteiger charge is -2.19. The van der Waals surface area contributed by atoms with Gasteiger partial charge < -0.3 is 9.88 Å². The predicted octanol–water partition coefficient (Wildman–Crippen LogP) is 3.53. The molecule has 3 nitrogen and oxygen atoms in total. The standard InChI is InChI=1S/C14H25N3/c1-11(2)12(3)10-17-9-8-15-14(17)16-13-6-4-5-7-13/h8-9,11-13H,4-7,10H2,1-3H3,(H,15,16). The summed E-state index contributed by atoms with van der Waals surface area (Å²) in [5, 5.41) is 3.59. The molecule has 0 amide bonds. The van der Waals surface area contributed by atoms with E-state index in [2.05, 4.69) is 41.8 Å². The van der Waals surface area contributed by atoms with E-state index < -0.39 is 0 Å². The first-order valence-electron chi connectivity index (χ1n) is 6.94. The predicted molar refractivity (Wildman–Crippen MR) is 72.1 cm³/mol. The fourth-order valence-corrected chi connectivity index (χ4v) is 2.37. The van der Waals surface area contributed by atoms with Crippen LogP contribution in [0.25, 0.3) is 0 Å². The summed E-state index contributed by atoms with van der Waals surface area (Å²) in [6, 6.07) is 0.644. The van der Waals surface area contributed by atoms with E-state index in [1.54, 1.807) is 0 Å². The van der Waals surface area contributed by atoms with E-state index >= 15 is 0 Å². The van der Waals surface area contributed by atoms with Crippen molar-refractivity contribution in [3.8, 4) is 0 Å².